The van der Waals surface area contributed by atoms with Gasteiger partial charge in [-0.25, -0.2) is 4.79 Å². The Balaban J connectivity index is 1.63. The Hall–Kier alpha value is -3.35. The largest absolute Gasteiger partial charge is 0.460 e. The van der Waals surface area contributed by atoms with Gasteiger partial charge in [-0.3, -0.25) is 9.59 Å². The number of carbonyl (C=O) groups excluding carboxylic acids is 3. The minimum atomic E-state index is -1.07. The predicted octanol–water partition coefficient (Wildman–Crippen LogP) is 6.44. The molecule has 2 amide bonds. The van der Waals surface area contributed by atoms with Crippen LogP contribution >= 0.6 is 0 Å². The minimum absolute atomic E-state index is 0.0986. The van der Waals surface area contributed by atoms with Gasteiger partial charge < -0.3 is 19.7 Å². The first-order valence-corrected chi connectivity index (χ1v) is 14.2. The highest BCUT2D eigenvalue weighted by atomic mass is 16.6. The quantitative estimate of drug-likeness (QED) is 0.235. The van der Waals surface area contributed by atoms with Crippen molar-refractivity contribution in [2.45, 2.75) is 90.2 Å². The van der Waals surface area contributed by atoms with E-state index in [2.05, 4.69) is 24.4 Å². The molecule has 3 rings (SSSR count). The van der Waals surface area contributed by atoms with Gasteiger partial charge in [-0.15, -0.1) is 0 Å². The van der Waals surface area contributed by atoms with Crippen LogP contribution in [0.4, 0.5) is 4.79 Å². The first kappa shape index (κ1) is 30.2. The summed E-state index contributed by atoms with van der Waals surface area (Å²) in [6.07, 6.45) is 5.65. The number of likely N-dealkylation sites (N-methyl/N-ethyl adjacent to an activating group) is 1. The molecule has 0 fully saturated rings. The van der Waals surface area contributed by atoms with E-state index in [-0.39, 0.29) is 24.9 Å². The van der Waals surface area contributed by atoms with Crippen molar-refractivity contribution in [1.29, 1.82) is 0 Å². The highest BCUT2D eigenvalue weighted by Crippen LogP contribution is 2.44. The molecule has 7 heteroatoms. The average molecular weight is 537 g/mol. The number of ether oxygens (including phenoxy) is 2. The van der Waals surface area contributed by atoms with Crippen LogP contribution in [-0.4, -0.2) is 54.7 Å². The van der Waals surface area contributed by atoms with E-state index in [0.29, 0.717) is 6.54 Å². The molecule has 2 aromatic rings. The van der Waals surface area contributed by atoms with Gasteiger partial charge in [-0.1, -0.05) is 87.6 Å². The summed E-state index contributed by atoms with van der Waals surface area (Å²) in [4.78, 5) is 40.4. The summed E-state index contributed by atoms with van der Waals surface area (Å²) in [7, 11) is 1.70. The zero-order valence-corrected chi connectivity index (χ0v) is 24.1. The first-order chi connectivity index (χ1) is 18.6. The molecule has 0 saturated heterocycles. The third kappa shape index (κ3) is 8.84. The van der Waals surface area contributed by atoms with Crippen LogP contribution in [0.5, 0.6) is 0 Å². The number of alkyl carbamates (subject to hydrolysis) is 1. The topological polar surface area (TPSA) is 84.9 Å². The number of rotatable bonds is 13. The molecule has 212 valence electrons. The fourth-order valence-electron chi connectivity index (χ4n) is 5.04. The van der Waals surface area contributed by atoms with Crippen molar-refractivity contribution in [3.63, 3.8) is 0 Å². The first-order valence-electron chi connectivity index (χ1n) is 14.2. The van der Waals surface area contributed by atoms with E-state index >= 15 is 0 Å². The van der Waals surface area contributed by atoms with Crippen molar-refractivity contribution in [3.8, 4) is 11.1 Å². The monoisotopic (exact) mass is 536 g/mol. The Kier molecular flexibility index (Phi) is 11.0. The number of hydrogen-bond donors (Lipinski definition) is 1. The molecule has 1 aliphatic rings. The highest BCUT2D eigenvalue weighted by Gasteiger charge is 2.32. The molecule has 0 aromatic heterocycles. The second-order valence-electron chi connectivity index (χ2n) is 11.3. The number of nitrogens with zero attached hydrogens (tertiary/aromatic N) is 1. The summed E-state index contributed by atoms with van der Waals surface area (Å²) in [6.45, 7) is 8.17. The smallest absolute Gasteiger partial charge is 0.407 e. The van der Waals surface area contributed by atoms with Crippen LogP contribution in [0.15, 0.2) is 48.5 Å². The third-order valence-corrected chi connectivity index (χ3v) is 6.95. The molecule has 2 aromatic carbocycles. The molecule has 0 radical (unpaired) electrons. The van der Waals surface area contributed by atoms with Gasteiger partial charge in [0.05, 0.1) is 6.42 Å². The molecule has 0 bridgehead atoms. The van der Waals surface area contributed by atoms with E-state index in [0.717, 1.165) is 41.5 Å². The van der Waals surface area contributed by atoms with Crippen molar-refractivity contribution >= 4 is 18.0 Å². The number of nitrogens with one attached hydrogen (secondary N) is 1. The Morgan fingerprint density at radius 1 is 0.897 bits per heavy atom. The van der Waals surface area contributed by atoms with Crippen LogP contribution in [0.1, 0.15) is 89.7 Å². The van der Waals surface area contributed by atoms with Crippen molar-refractivity contribution in [3.05, 3.63) is 59.7 Å². The molecule has 7 nitrogen and oxygen atoms in total. The molecule has 1 N–H and O–H groups in total. The van der Waals surface area contributed by atoms with Crippen LogP contribution in [0.3, 0.4) is 0 Å². The molecule has 1 aliphatic carbocycles. The number of carbonyl (C=O) groups is 3. The van der Waals surface area contributed by atoms with Crippen LogP contribution in [0.2, 0.25) is 0 Å². The number of amides is 2. The van der Waals surface area contributed by atoms with E-state index in [1.54, 1.807) is 32.7 Å². The van der Waals surface area contributed by atoms with Crippen LogP contribution in [0.25, 0.3) is 11.1 Å². The van der Waals surface area contributed by atoms with Gasteiger partial charge in [0.25, 0.3) is 0 Å². The zero-order chi connectivity index (χ0) is 28.4. The van der Waals surface area contributed by atoms with Gasteiger partial charge in [0.15, 0.2) is 0 Å². The highest BCUT2D eigenvalue weighted by molar-refractivity contribution is 5.89. The van der Waals surface area contributed by atoms with Crippen molar-refractivity contribution in [1.82, 2.24) is 10.2 Å². The van der Waals surface area contributed by atoms with E-state index < -0.39 is 23.7 Å². The molecule has 0 aliphatic heterocycles. The van der Waals surface area contributed by atoms with Gasteiger partial charge in [0.2, 0.25) is 5.91 Å². The van der Waals surface area contributed by atoms with E-state index in [1.165, 1.54) is 19.3 Å². The minimum Gasteiger partial charge on any atom is -0.460 e. The maximum absolute atomic E-state index is 13.3. The fraction of sp³-hybridized carbons (Fsp3) is 0.531. The molecule has 0 unspecified atom stereocenters. The summed E-state index contributed by atoms with van der Waals surface area (Å²) in [5.74, 6) is -0.978. The molecule has 39 heavy (non-hydrogen) atoms. The van der Waals surface area contributed by atoms with Gasteiger partial charge in [0, 0.05) is 19.5 Å². The van der Waals surface area contributed by atoms with Gasteiger partial charge in [-0.05, 0) is 49.4 Å². The summed E-state index contributed by atoms with van der Waals surface area (Å²) in [5, 5.41) is 2.65. The summed E-state index contributed by atoms with van der Waals surface area (Å²) >= 11 is 0. The van der Waals surface area contributed by atoms with Crippen molar-refractivity contribution in [2.24, 2.45) is 0 Å². The zero-order valence-electron chi connectivity index (χ0n) is 24.1. The van der Waals surface area contributed by atoms with Crippen molar-refractivity contribution < 1.29 is 23.9 Å². The summed E-state index contributed by atoms with van der Waals surface area (Å²) in [5.41, 5.74) is 3.78. The van der Waals surface area contributed by atoms with Crippen LogP contribution < -0.4 is 5.32 Å². The number of unbranched alkanes of at least 4 members (excludes halogenated alkanes) is 5. The summed E-state index contributed by atoms with van der Waals surface area (Å²) < 4.78 is 11.1. The van der Waals surface area contributed by atoms with E-state index in [4.69, 9.17) is 9.47 Å². The van der Waals surface area contributed by atoms with Crippen LogP contribution in [-0.2, 0) is 19.1 Å². The number of hydrogen-bond acceptors (Lipinski definition) is 5. The lowest BCUT2D eigenvalue weighted by Gasteiger charge is -2.26. The van der Waals surface area contributed by atoms with E-state index in [9.17, 15) is 14.4 Å². The van der Waals surface area contributed by atoms with Crippen molar-refractivity contribution in [2.75, 3.05) is 20.2 Å². The van der Waals surface area contributed by atoms with Gasteiger partial charge in [-0.2, -0.15) is 0 Å². The Morgan fingerprint density at radius 3 is 2.05 bits per heavy atom. The fourth-order valence-corrected chi connectivity index (χ4v) is 5.04. The lowest BCUT2D eigenvalue weighted by molar-refractivity contribution is -0.157. The third-order valence-electron chi connectivity index (χ3n) is 6.95. The molecule has 0 spiro atoms. The molecule has 0 heterocycles. The van der Waals surface area contributed by atoms with E-state index in [1.807, 2.05) is 36.4 Å². The lowest BCUT2D eigenvalue weighted by atomic mass is 9.98. The second kappa shape index (κ2) is 14.2. The average Bonchev–Trinajstić information content (AvgIpc) is 3.21. The SMILES string of the molecule is CCCCCCCCN(C)C(=O)[C@H](CC(=O)OC(C)(C)C)NC(=O)OCC1c2ccccc2-c2ccccc21. The maximum Gasteiger partial charge on any atom is 0.407 e. The lowest BCUT2D eigenvalue weighted by Crippen LogP contribution is -2.49. The molecular weight excluding hydrogens is 492 g/mol. The Morgan fingerprint density at radius 2 is 1.46 bits per heavy atom. The Labute approximate surface area is 233 Å². The number of fused-ring (bicyclic) bond motifs is 3. The number of esters is 1. The number of benzene rings is 2. The van der Waals surface area contributed by atoms with Crippen LogP contribution in [0, 0.1) is 0 Å². The van der Waals surface area contributed by atoms with Gasteiger partial charge >= 0.3 is 12.1 Å². The molecular formula is C32H44N2O5. The molecule has 0 saturated carbocycles. The molecule has 1 atom stereocenters. The predicted molar refractivity (Wildman–Crippen MR) is 153 cm³/mol. The second-order valence-corrected chi connectivity index (χ2v) is 11.3. The maximum atomic E-state index is 13.3. The van der Waals surface area contributed by atoms with Gasteiger partial charge in [0.1, 0.15) is 18.2 Å². The Bertz CT molecular complexity index is 1080. The standard InChI is InChI=1S/C32H44N2O5/c1-6-7-8-9-10-15-20-34(5)30(36)28(21-29(35)39-32(2,3)4)33-31(37)38-22-27-25-18-13-11-16-23(25)24-17-12-14-19-26(24)27/h11-14,16-19,27-28H,6-10,15,20-22H2,1-5H3,(H,33,37)/t28-/m0/s1. The summed E-state index contributed by atoms with van der Waals surface area (Å²) in [6, 6.07) is 15.1. The normalized spacial score (nSPS) is 13.3.